The Morgan fingerprint density at radius 3 is 2.31 bits per heavy atom. The number of nitrogens with zero attached hydrogens (tertiary/aromatic N) is 1. The van der Waals surface area contributed by atoms with Gasteiger partial charge >= 0.3 is 6.18 Å². The van der Waals surface area contributed by atoms with Crippen molar-refractivity contribution in [3.8, 4) is 6.07 Å². The summed E-state index contributed by atoms with van der Waals surface area (Å²) in [6.45, 7) is 0. The molecule has 0 heterocycles. The molecule has 13 heavy (non-hydrogen) atoms. The Balaban J connectivity index is 3.26. The van der Waals surface area contributed by atoms with Crippen LogP contribution in [0.4, 0.5) is 13.2 Å². The fourth-order valence-electron chi connectivity index (χ4n) is 0.818. The van der Waals surface area contributed by atoms with Crippen LogP contribution in [-0.4, -0.2) is 0 Å². The largest absolute Gasteiger partial charge is 0.416 e. The molecule has 0 saturated heterocycles. The van der Waals surface area contributed by atoms with E-state index >= 15 is 0 Å². The van der Waals surface area contributed by atoms with Crippen LogP contribution in [0.2, 0.25) is 5.02 Å². The summed E-state index contributed by atoms with van der Waals surface area (Å²) >= 11 is 5.38. The first-order valence-electron chi connectivity index (χ1n) is 3.21. The molecule has 1 aromatic carbocycles. The van der Waals surface area contributed by atoms with Gasteiger partial charge in [0, 0.05) is 5.02 Å². The fraction of sp³-hybridized carbons (Fsp3) is 0.125. The molecule has 5 heteroatoms. The molecule has 1 rings (SSSR count). The van der Waals surface area contributed by atoms with E-state index in [2.05, 4.69) is 0 Å². The molecule has 0 aliphatic rings. The highest BCUT2D eigenvalue weighted by Gasteiger charge is 2.31. The zero-order valence-corrected chi connectivity index (χ0v) is 6.95. The van der Waals surface area contributed by atoms with Gasteiger partial charge in [-0.3, -0.25) is 0 Å². The normalized spacial score (nSPS) is 11.0. The minimum Gasteiger partial charge on any atom is -0.192 e. The van der Waals surface area contributed by atoms with Crippen LogP contribution in [0.1, 0.15) is 11.1 Å². The highest BCUT2D eigenvalue weighted by Crippen LogP contribution is 2.31. The Labute approximate surface area is 77.4 Å². The van der Waals surface area contributed by atoms with Crippen LogP contribution in [0.5, 0.6) is 0 Å². The average Bonchev–Trinajstić information content (AvgIpc) is 2.01. The number of benzene rings is 1. The van der Waals surface area contributed by atoms with Gasteiger partial charge in [0.1, 0.15) is 0 Å². The molecule has 0 fully saturated rings. The van der Waals surface area contributed by atoms with Crippen molar-refractivity contribution in [1.82, 2.24) is 0 Å². The Kier molecular flexibility index (Phi) is 2.48. The van der Waals surface area contributed by atoms with Crippen molar-refractivity contribution in [2.75, 3.05) is 0 Å². The topological polar surface area (TPSA) is 23.8 Å². The summed E-state index contributed by atoms with van der Waals surface area (Å²) in [5.41, 5.74) is -1.00. The second-order valence-electron chi connectivity index (χ2n) is 2.34. The van der Waals surface area contributed by atoms with E-state index in [1.165, 1.54) is 6.07 Å². The number of nitriles is 1. The first kappa shape index (κ1) is 9.87. The van der Waals surface area contributed by atoms with Gasteiger partial charge in [-0.15, -0.1) is 0 Å². The molecule has 0 radical (unpaired) electrons. The number of rotatable bonds is 0. The molecule has 1 nitrogen and oxygen atoms in total. The molecule has 1 aromatic rings. The van der Waals surface area contributed by atoms with Crippen LogP contribution in [0, 0.1) is 11.3 Å². The van der Waals surface area contributed by atoms with E-state index in [1.54, 1.807) is 6.07 Å². The van der Waals surface area contributed by atoms with Crippen LogP contribution in [0.3, 0.4) is 0 Å². The molecule has 0 saturated carbocycles. The summed E-state index contributed by atoms with van der Waals surface area (Å²) in [5, 5.41) is 8.28. The molecule has 0 amide bonds. The van der Waals surface area contributed by atoms with Crippen molar-refractivity contribution in [2.45, 2.75) is 6.18 Å². The Morgan fingerprint density at radius 1 is 1.23 bits per heavy atom. The standard InChI is InChI=1S/C8H3ClF3N/c9-7-2-5(4-13)1-6(3-7)8(10,11)12/h1-3H. The van der Waals surface area contributed by atoms with Crippen molar-refractivity contribution in [2.24, 2.45) is 0 Å². The lowest BCUT2D eigenvalue weighted by molar-refractivity contribution is -0.137. The SMILES string of the molecule is N#Cc1cc(Cl)cc(C(F)(F)F)c1. The van der Waals surface area contributed by atoms with Crippen molar-refractivity contribution >= 4 is 11.6 Å². The molecule has 0 aromatic heterocycles. The van der Waals surface area contributed by atoms with Crippen molar-refractivity contribution in [3.05, 3.63) is 34.3 Å². The second-order valence-corrected chi connectivity index (χ2v) is 2.77. The van der Waals surface area contributed by atoms with E-state index in [-0.39, 0.29) is 10.6 Å². The van der Waals surface area contributed by atoms with E-state index < -0.39 is 11.7 Å². The third kappa shape index (κ3) is 2.36. The molecular formula is C8H3ClF3N. The maximum Gasteiger partial charge on any atom is 0.416 e. The summed E-state index contributed by atoms with van der Waals surface area (Å²) in [6, 6.07) is 4.31. The van der Waals surface area contributed by atoms with E-state index in [4.69, 9.17) is 16.9 Å². The molecule has 0 spiro atoms. The molecule has 68 valence electrons. The first-order valence-corrected chi connectivity index (χ1v) is 3.59. The summed E-state index contributed by atoms with van der Waals surface area (Å²) in [7, 11) is 0. The number of alkyl halides is 3. The van der Waals surface area contributed by atoms with Crippen LogP contribution in [0.25, 0.3) is 0 Å². The maximum absolute atomic E-state index is 12.1. The van der Waals surface area contributed by atoms with E-state index in [0.29, 0.717) is 0 Å². The van der Waals surface area contributed by atoms with Gasteiger partial charge in [0.2, 0.25) is 0 Å². The molecule has 0 aliphatic carbocycles. The van der Waals surface area contributed by atoms with Crippen molar-refractivity contribution < 1.29 is 13.2 Å². The predicted octanol–water partition coefficient (Wildman–Crippen LogP) is 3.23. The molecule has 0 unspecified atom stereocenters. The molecule has 0 aliphatic heterocycles. The lowest BCUT2D eigenvalue weighted by Crippen LogP contribution is -2.04. The van der Waals surface area contributed by atoms with E-state index in [1.807, 2.05) is 0 Å². The zero-order chi connectivity index (χ0) is 10.1. The van der Waals surface area contributed by atoms with Gasteiger partial charge in [0.25, 0.3) is 0 Å². The molecule has 0 atom stereocenters. The number of hydrogen-bond acceptors (Lipinski definition) is 1. The maximum atomic E-state index is 12.1. The number of halogens is 4. The van der Waals surface area contributed by atoms with Gasteiger partial charge < -0.3 is 0 Å². The minimum absolute atomic E-state index is 0.0913. The fourth-order valence-corrected chi connectivity index (χ4v) is 1.05. The smallest absolute Gasteiger partial charge is 0.192 e. The number of hydrogen-bond donors (Lipinski definition) is 0. The monoisotopic (exact) mass is 205 g/mol. The van der Waals surface area contributed by atoms with E-state index in [0.717, 1.165) is 12.1 Å². The third-order valence-corrected chi connectivity index (χ3v) is 1.57. The molecular weight excluding hydrogens is 203 g/mol. The van der Waals surface area contributed by atoms with Gasteiger partial charge in [-0.25, -0.2) is 0 Å². The van der Waals surface area contributed by atoms with Gasteiger partial charge in [-0.05, 0) is 18.2 Å². The minimum atomic E-state index is -4.46. The van der Waals surface area contributed by atoms with Crippen molar-refractivity contribution in [1.29, 1.82) is 5.26 Å². The van der Waals surface area contributed by atoms with Crippen LogP contribution < -0.4 is 0 Å². The van der Waals surface area contributed by atoms with Crippen molar-refractivity contribution in [3.63, 3.8) is 0 Å². The van der Waals surface area contributed by atoms with Gasteiger partial charge in [0.15, 0.2) is 0 Å². The molecule has 0 bridgehead atoms. The Hall–Kier alpha value is -1.21. The van der Waals surface area contributed by atoms with Gasteiger partial charge in [0.05, 0.1) is 17.2 Å². The lowest BCUT2D eigenvalue weighted by Gasteiger charge is -2.06. The third-order valence-electron chi connectivity index (χ3n) is 1.35. The predicted molar refractivity (Wildman–Crippen MR) is 41.2 cm³/mol. The van der Waals surface area contributed by atoms with Crippen LogP contribution in [0.15, 0.2) is 18.2 Å². The quantitative estimate of drug-likeness (QED) is 0.638. The summed E-state index contributed by atoms with van der Waals surface area (Å²) < 4.78 is 36.3. The van der Waals surface area contributed by atoms with E-state index in [9.17, 15) is 13.2 Å². The zero-order valence-electron chi connectivity index (χ0n) is 6.19. The summed E-state index contributed by atoms with van der Waals surface area (Å²) in [5.74, 6) is 0. The highest BCUT2D eigenvalue weighted by atomic mass is 35.5. The Morgan fingerprint density at radius 2 is 1.85 bits per heavy atom. The van der Waals surface area contributed by atoms with Crippen LogP contribution >= 0.6 is 11.6 Å². The first-order chi connectivity index (χ1) is 5.93. The average molecular weight is 206 g/mol. The van der Waals surface area contributed by atoms with Crippen LogP contribution in [-0.2, 0) is 6.18 Å². The highest BCUT2D eigenvalue weighted by molar-refractivity contribution is 6.30. The van der Waals surface area contributed by atoms with Gasteiger partial charge in [-0.2, -0.15) is 18.4 Å². The summed E-state index contributed by atoms with van der Waals surface area (Å²) in [6.07, 6.45) is -4.46. The lowest BCUT2D eigenvalue weighted by atomic mass is 10.1. The van der Waals surface area contributed by atoms with Gasteiger partial charge in [-0.1, -0.05) is 11.6 Å². The summed E-state index contributed by atoms with van der Waals surface area (Å²) in [4.78, 5) is 0. The Bertz CT molecular complexity index is 365. The molecule has 0 N–H and O–H groups in total. The second kappa shape index (κ2) is 3.27.